The second-order valence-corrected chi connectivity index (χ2v) is 6.99. The van der Waals surface area contributed by atoms with Crippen molar-refractivity contribution in [2.24, 2.45) is 23.7 Å². The minimum Gasteiger partial charge on any atom is -0.0622 e. The fourth-order valence-corrected chi connectivity index (χ4v) is 5.84. The van der Waals surface area contributed by atoms with E-state index in [1.54, 1.807) is 11.1 Å². The molecule has 0 aromatic heterocycles. The maximum absolute atomic E-state index is 2.37. The van der Waals surface area contributed by atoms with Crippen LogP contribution in [0.3, 0.4) is 0 Å². The predicted octanol–water partition coefficient (Wildman–Crippen LogP) is 4.65. The van der Waals surface area contributed by atoms with Gasteiger partial charge in [-0.15, -0.1) is 0 Å². The summed E-state index contributed by atoms with van der Waals surface area (Å²) in [6.45, 7) is 0. The Labute approximate surface area is 120 Å². The summed E-state index contributed by atoms with van der Waals surface area (Å²) >= 11 is 0. The van der Waals surface area contributed by atoms with Crippen molar-refractivity contribution in [1.82, 2.24) is 0 Å². The molecule has 3 saturated carbocycles. The molecule has 5 rings (SSSR count). The van der Waals surface area contributed by atoms with Crippen LogP contribution >= 0.6 is 0 Å². The van der Waals surface area contributed by atoms with Gasteiger partial charge in [0.1, 0.15) is 0 Å². The molecule has 0 aliphatic heterocycles. The van der Waals surface area contributed by atoms with Crippen LogP contribution in [0.1, 0.15) is 30.4 Å². The summed E-state index contributed by atoms with van der Waals surface area (Å²) in [4.78, 5) is 0. The molecule has 4 atom stereocenters. The molecule has 100 valence electrons. The van der Waals surface area contributed by atoms with Crippen LogP contribution in [0.5, 0.6) is 0 Å². The van der Waals surface area contributed by atoms with E-state index < -0.39 is 0 Å². The van der Waals surface area contributed by atoms with E-state index in [0.717, 1.165) is 23.7 Å². The maximum Gasteiger partial charge on any atom is 0.0270 e. The van der Waals surface area contributed by atoms with Crippen molar-refractivity contribution in [2.45, 2.75) is 24.7 Å². The van der Waals surface area contributed by atoms with Gasteiger partial charge in [-0.25, -0.2) is 0 Å². The van der Waals surface area contributed by atoms with Gasteiger partial charge in [0, 0.05) is 5.41 Å². The molecule has 2 aromatic carbocycles. The highest BCUT2D eigenvalue weighted by molar-refractivity contribution is 5.52. The van der Waals surface area contributed by atoms with Crippen LogP contribution in [0.4, 0.5) is 0 Å². The number of hydrogen-bond acceptors (Lipinski definition) is 0. The molecule has 3 fully saturated rings. The van der Waals surface area contributed by atoms with Crippen LogP contribution in [0.25, 0.3) is 0 Å². The van der Waals surface area contributed by atoms with Gasteiger partial charge in [0.2, 0.25) is 0 Å². The first-order valence-electron chi connectivity index (χ1n) is 8.03. The Kier molecular flexibility index (Phi) is 2.09. The molecule has 3 aliphatic rings. The van der Waals surface area contributed by atoms with Gasteiger partial charge in [0.25, 0.3) is 0 Å². The lowest BCUT2D eigenvalue weighted by atomic mass is 9.78. The SMILES string of the molecule is c1ccc(C2(c3ccccc3)[C@@H]3[C@H]4CC[C@H](C4)[C@@H]32)cc1. The molecule has 20 heavy (non-hydrogen) atoms. The third-order valence-electron chi connectivity index (χ3n) is 6.36. The summed E-state index contributed by atoms with van der Waals surface area (Å²) in [5.74, 6) is 3.83. The predicted molar refractivity (Wildman–Crippen MR) is 81.5 cm³/mol. The van der Waals surface area contributed by atoms with Crippen molar-refractivity contribution in [2.75, 3.05) is 0 Å². The van der Waals surface area contributed by atoms with Gasteiger partial charge in [-0.1, -0.05) is 60.7 Å². The van der Waals surface area contributed by atoms with Crippen LogP contribution in [0.2, 0.25) is 0 Å². The van der Waals surface area contributed by atoms with Crippen molar-refractivity contribution in [3.8, 4) is 0 Å². The summed E-state index contributed by atoms with van der Waals surface area (Å²) < 4.78 is 0. The van der Waals surface area contributed by atoms with Gasteiger partial charge in [0.05, 0.1) is 0 Å². The zero-order valence-electron chi connectivity index (χ0n) is 11.7. The largest absolute Gasteiger partial charge is 0.0622 e. The number of hydrogen-bond donors (Lipinski definition) is 0. The molecule has 2 aromatic rings. The third-order valence-corrected chi connectivity index (χ3v) is 6.36. The summed E-state index contributed by atoms with van der Waals surface area (Å²) in [6.07, 6.45) is 4.47. The Morgan fingerprint density at radius 2 is 1.10 bits per heavy atom. The van der Waals surface area contributed by atoms with Gasteiger partial charge in [-0.3, -0.25) is 0 Å². The highest BCUT2D eigenvalue weighted by Crippen LogP contribution is 2.78. The molecule has 0 heterocycles. The summed E-state index contributed by atoms with van der Waals surface area (Å²) in [5, 5.41) is 0. The van der Waals surface area contributed by atoms with E-state index in [2.05, 4.69) is 60.7 Å². The van der Waals surface area contributed by atoms with E-state index in [1.165, 1.54) is 19.3 Å². The summed E-state index contributed by atoms with van der Waals surface area (Å²) in [6, 6.07) is 22.6. The normalized spacial score (nSPS) is 35.8. The van der Waals surface area contributed by atoms with Crippen LogP contribution in [0.15, 0.2) is 60.7 Å². The maximum atomic E-state index is 2.37. The van der Waals surface area contributed by atoms with E-state index in [0.29, 0.717) is 5.41 Å². The Morgan fingerprint density at radius 3 is 1.55 bits per heavy atom. The zero-order valence-corrected chi connectivity index (χ0v) is 11.7. The van der Waals surface area contributed by atoms with E-state index in [9.17, 15) is 0 Å². The Morgan fingerprint density at radius 1 is 0.650 bits per heavy atom. The van der Waals surface area contributed by atoms with E-state index in [-0.39, 0.29) is 0 Å². The Balaban J connectivity index is 1.70. The van der Waals surface area contributed by atoms with Gasteiger partial charge < -0.3 is 0 Å². The van der Waals surface area contributed by atoms with Gasteiger partial charge in [-0.05, 0) is 54.1 Å². The highest BCUT2D eigenvalue weighted by Gasteiger charge is 2.75. The number of fused-ring (bicyclic) bond motifs is 5. The fraction of sp³-hybridized carbons (Fsp3) is 0.400. The standard InChI is InChI=1S/C20H20/c1-3-7-16(8-4-1)20(17-9-5-2-6-10-17)18-14-11-12-15(13-14)19(18)20/h1-10,14-15,18-19H,11-13H2/t14-,15+,18+,19-. The van der Waals surface area contributed by atoms with Crippen molar-refractivity contribution in [3.05, 3.63) is 71.8 Å². The molecular formula is C20H20. The zero-order chi connectivity index (χ0) is 13.2. The number of benzene rings is 2. The lowest BCUT2D eigenvalue weighted by molar-refractivity contribution is 0.455. The summed E-state index contributed by atoms with van der Waals surface area (Å²) in [5.41, 5.74) is 3.49. The third kappa shape index (κ3) is 1.19. The van der Waals surface area contributed by atoms with Crippen molar-refractivity contribution < 1.29 is 0 Å². The first-order valence-corrected chi connectivity index (χ1v) is 8.03. The molecule has 0 unspecified atom stereocenters. The first-order chi connectivity index (χ1) is 9.92. The van der Waals surface area contributed by atoms with E-state index in [1.807, 2.05) is 0 Å². The van der Waals surface area contributed by atoms with E-state index >= 15 is 0 Å². The lowest BCUT2D eigenvalue weighted by Gasteiger charge is -2.25. The van der Waals surface area contributed by atoms with Crippen LogP contribution in [-0.4, -0.2) is 0 Å². The smallest absolute Gasteiger partial charge is 0.0270 e. The highest BCUT2D eigenvalue weighted by atomic mass is 14.8. The molecule has 0 nitrogen and oxygen atoms in total. The number of rotatable bonds is 2. The topological polar surface area (TPSA) is 0 Å². The second-order valence-electron chi connectivity index (χ2n) is 6.99. The molecule has 3 aliphatic carbocycles. The average molecular weight is 260 g/mol. The van der Waals surface area contributed by atoms with Crippen LogP contribution in [-0.2, 0) is 5.41 Å². The van der Waals surface area contributed by atoms with Gasteiger partial charge >= 0.3 is 0 Å². The molecule has 0 amide bonds. The van der Waals surface area contributed by atoms with E-state index in [4.69, 9.17) is 0 Å². The summed E-state index contributed by atoms with van der Waals surface area (Å²) in [7, 11) is 0. The second kappa shape index (κ2) is 3.75. The van der Waals surface area contributed by atoms with Crippen molar-refractivity contribution >= 4 is 0 Å². The minimum atomic E-state index is 0.354. The van der Waals surface area contributed by atoms with Crippen molar-refractivity contribution in [3.63, 3.8) is 0 Å². The minimum absolute atomic E-state index is 0.354. The molecule has 0 spiro atoms. The lowest BCUT2D eigenvalue weighted by Crippen LogP contribution is -2.19. The Hall–Kier alpha value is -1.56. The quantitative estimate of drug-likeness (QED) is 0.737. The molecule has 0 radical (unpaired) electrons. The average Bonchev–Trinajstić information content (AvgIpc) is 2.84. The monoisotopic (exact) mass is 260 g/mol. The molecule has 0 saturated heterocycles. The molecule has 0 heteroatoms. The van der Waals surface area contributed by atoms with Gasteiger partial charge in [-0.2, -0.15) is 0 Å². The first kappa shape index (κ1) is 11.1. The Bertz CT molecular complexity index is 570. The van der Waals surface area contributed by atoms with Gasteiger partial charge in [0.15, 0.2) is 0 Å². The molecule has 2 bridgehead atoms. The molecule has 0 N–H and O–H groups in total. The van der Waals surface area contributed by atoms with Crippen LogP contribution < -0.4 is 0 Å². The molecular weight excluding hydrogens is 240 g/mol. The van der Waals surface area contributed by atoms with Crippen LogP contribution in [0, 0.1) is 23.7 Å². The fourth-order valence-electron chi connectivity index (χ4n) is 5.84. The van der Waals surface area contributed by atoms with Crippen molar-refractivity contribution in [1.29, 1.82) is 0 Å².